The van der Waals surface area contributed by atoms with Gasteiger partial charge in [-0.1, -0.05) is 18.2 Å². The molecular weight excluding hydrogens is 296 g/mol. The van der Waals surface area contributed by atoms with Gasteiger partial charge in [-0.2, -0.15) is 0 Å². The molecule has 2 heterocycles. The molecule has 0 spiro atoms. The molecule has 22 heavy (non-hydrogen) atoms. The SMILES string of the molecule is O=[N+]([O-])c1ccc(-c2cc3cnc4ccccc4c3s2)cc1. The number of rotatable bonds is 2. The summed E-state index contributed by atoms with van der Waals surface area (Å²) >= 11 is 1.68. The van der Waals surface area contributed by atoms with Gasteiger partial charge in [-0.15, -0.1) is 11.3 Å². The number of nitrogens with zero attached hydrogens (tertiary/aromatic N) is 2. The van der Waals surface area contributed by atoms with Crippen LogP contribution in [0.3, 0.4) is 0 Å². The third-order valence-electron chi connectivity index (χ3n) is 3.61. The molecule has 0 N–H and O–H groups in total. The van der Waals surface area contributed by atoms with Gasteiger partial charge in [0.1, 0.15) is 0 Å². The highest BCUT2D eigenvalue weighted by Crippen LogP contribution is 2.37. The quantitative estimate of drug-likeness (QED) is 0.386. The molecule has 4 rings (SSSR count). The van der Waals surface area contributed by atoms with Crippen LogP contribution in [0.4, 0.5) is 5.69 Å². The lowest BCUT2D eigenvalue weighted by molar-refractivity contribution is -0.384. The maximum atomic E-state index is 10.7. The Bertz CT molecular complexity index is 1010. The summed E-state index contributed by atoms with van der Waals surface area (Å²) in [6.07, 6.45) is 1.88. The van der Waals surface area contributed by atoms with Gasteiger partial charge >= 0.3 is 0 Å². The summed E-state index contributed by atoms with van der Waals surface area (Å²) in [6.45, 7) is 0. The van der Waals surface area contributed by atoms with Crippen LogP contribution in [-0.2, 0) is 0 Å². The molecule has 5 heteroatoms. The van der Waals surface area contributed by atoms with E-state index in [2.05, 4.69) is 17.1 Å². The maximum Gasteiger partial charge on any atom is 0.269 e. The molecule has 0 radical (unpaired) electrons. The Balaban J connectivity index is 1.88. The van der Waals surface area contributed by atoms with Crippen LogP contribution in [0.25, 0.3) is 31.4 Å². The molecule has 4 aromatic rings. The highest BCUT2D eigenvalue weighted by molar-refractivity contribution is 7.23. The first-order chi connectivity index (χ1) is 10.7. The fraction of sp³-hybridized carbons (Fsp3) is 0. The highest BCUT2D eigenvalue weighted by Gasteiger charge is 2.10. The second-order valence-electron chi connectivity index (χ2n) is 4.97. The minimum Gasteiger partial charge on any atom is -0.258 e. The van der Waals surface area contributed by atoms with Gasteiger partial charge in [0.2, 0.25) is 0 Å². The van der Waals surface area contributed by atoms with E-state index in [4.69, 9.17) is 0 Å². The van der Waals surface area contributed by atoms with E-state index in [9.17, 15) is 10.1 Å². The molecule has 106 valence electrons. The molecule has 0 saturated heterocycles. The van der Waals surface area contributed by atoms with Crippen LogP contribution < -0.4 is 0 Å². The van der Waals surface area contributed by atoms with E-state index in [0.717, 1.165) is 26.7 Å². The minimum absolute atomic E-state index is 0.108. The topological polar surface area (TPSA) is 56.0 Å². The van der Waals surface area contributed by atoms with Gasteiger partial charge in [0.25, 0.3) is 5.69 Å². The third kappa shape index (κ3) is 2.03. The van der Waals surface area contributed by atoms with Gasteiger partial charge in [-0.25, -0.2) is 0 Å². The number of nitro groups is 1. The fourth-order valence-electron chi connectivity index (χ4n) is 2.52. The fourth-order valence-corrected chi connectivity index (χ4v) is 3.69. The summed E-state index contributed by atoms with van der Waals surface area (Å²) in [7, 11) is 0. The highest BCUT2D eigenvalue weighted by atomic mass is 32.1. The van der Waals surface area contributed by atoms with Crippen molar-refractivity contribution in [3.8, 4) is 10.4 Å². The van der Waals surface area contributed by atoms with Gasteiger partial charge in [0, 0.05) is 38.7 Å². The first-order valence-corrected chi connectivity index (χ1v) is 7.56. The predicted molar refractivity (Wildman–Crippen MR) is 89.2 cm³/mol. The smallest absolute Gasteiger partial charge is 0.258 e. The van der Waals surface area contributed by atoms with Crippen LogP contribution in [0.2, 0.25) is 0 Å². The number of benzene rings is 2. The molecule has 0 saturated carbocycles. The van der Waals surface area contributed by atoms with Crippen molar-refractivity contribution in [1.29, 1.82) is 0 Å². The van der Waals surface area contributed by atoms with E-state index in [-0.39, 0.29) is 10.6 Å². The Kier molecular flexibility index (Phi) is 2.87. The van der Waals surface area contributed by atoms with Crippen LogP contribution in [-0.4, -0.2) is 9.91 Å². The Morgan fingerprint density at radius 1 is 1.05 bits per heavy atom. The summed E-state index contributed by atoms with van der Waals surface area (Å²) in [6, 6.07) is 16.8. The Morgan fingerprint density at radius 3 is 2.59 bits per heavy atom. The van der Waals surface area contributed by atoms with E-state index in [0.29, 0.717) is 0 Å². The molecule has 0 fully saturated rings. The zero-order valence-corrected chi connectivity index (χ0v) is 12.2. The first-order valence-electron chi connectivity index (χ1n) is 6.74. The van der Waals surface area contributed by atoms with Crippen molar-refractivity contribution in [3.63, 3.8) is 0 Å². The number of hydrogen-bond acceptors (Lipinski definition) is 4. The van der Waals surface area contributed by atoms with E-state index in [1.54, 1.807) is 23.5 Å². The van der Waals surface area contributed by atoms with Crippen molar-refractivity contribution in [3.05, 3.63) is 70.9 Å². The largest absolute Gasteiger partial charge is 0.269 e. The summed E-state index contributed by atoms with van der Waals surface area (Å²) in [5, 5.41) is 13.0. The number of para-hydroxylation sites is 1. The number of non-ortho nitro benzene ring substituents is 1. The van der Waals surface area contributed by atoms with Crippen molar-refractivity contribution < 1.29 is 4.92 Å². The molecule has 0 atom stereocenters. The zero-order chi connectivity index (χ0) is 15.1. The number of aromatic nitrogens is 1. The molecule has 0 unspecified atom stereocenters. The van der Waals surface area contributed by atoms with Gasteiger partial charge in [0.15, 0.2) is 0 Å². The third-order valence-corrected chi connectivity index (χ3v) is 4.85. The Labute approximate surface area is 129 Å². The Hall–Kier alpha value is -2.79. The van der Waals surface area contributed by atoms with Crippen molar-refractivity contribution in [1.82, 2.24) is 4.98 Å². The molecule has 2 aromatic heterocycles. The number of pyridine rings is 1. The number of nitro benzene ring substituents is 1. The average molecular weight is 306 g/mol. The van der Waals surface area contributed by atoms with Gasteiger partial charge < -0.3 is 0 Å². The van der Waals surface area contributed by atoms with E-state index >= 15 is 0 Å². The monoisotopic (exact) mass is 306 g/mol. The summed E-state index contributed by atoms with van der Waals surface area (Å²) < 4.78 is 1.19. The summed E-state index contributed by atoms with van der Waals surface area (Å²) in [5.74, 6) is 0. The standard InChI is InChI=1S/C17H10N2O2S/c20-19(21)13-7-5-11(6-8-13)16-9-12-10-18-15-4-2-1-3-14(15)17(12)22-16/h1-10H. The maximum absolute atomic E-state index is 10.7. The van der Waals surface area contributed by atoms with Gasteiger partial charge in [0.05, 0.1) is 10.4 Å². The number of thiophene rings is 1. The van der Waals surface area contributed by atoms with E-state index < -0.39 is 0 Å². The first kappa shape index (κ1) is 12.9. The molecule has 0 aliphatic rings. The molecule has 0 aliphatic heterocycles. The van der Waals surface area contributed by atoms with Gasteiger partial charge in [-0.05, 0) is 29.8 Å². The van der Waals surface area contributed by atoms with Crippen LogP contribution in [0.1, 0.15) is 0 Å². The van der Waals surface area contributed by atoms with Crippen molar-refractivity contribution >= 4 is 38.0 Å². The van der Waals surface area contributed by atoms with Crippen molar-refractivity contribution in [2.45, 2.75) is 0 Å². The number of fused-ring (bicyclic) bond motifs is 3. The van der Waals surface area contributed by atoms with Crippen molar-refractivity contribution in [2.75, 3.05) is 0 Å². The van der Waals surface area contributed by atoms with Crippen LogP contribution >= 0.6 is 11.3 Å². The lowest BCUT2D eigenvalue weighted by Gasteiger charge is -1.97. The molecule has 0 bridgehead atoms. The molecule has 0 aliphatic carbocycles. The van der Waals surface area contributed by atoms with Crippen molar-refractivity contribution in [2.24, 2.45) is 0 Å². The van der Waals surface area contributed by atoms with Crippen LogP contribution in [0, 0.1) is 10.1 Å². The predicted octanol–water partition coefficient (Wildman–Crippen LogP) is 5.02. The molecule has 2 aromatic carbocycles. The zero-order valence-electron chi connectivity index (χ0n) is 11.4. The minimum atomic E-state index is -0.383. The molecule has 0 amide bonds. The summed E-state index contributed by atoms with van der Waals surface area (Å²) in [5.41, 5.74) is 2.07. The van der Waals surface area contributed by atoms with E-state index in [1.807, 2.05) is 24.4 Å². The van der Waals surface area contributed by atoms with Crippen LogP contribution in [0.15, 0.2) is 60.8 Å². The lowest BCUT2D eigenvalue weighted by Crippen LogP contribution is -1.86. The molecule has 4 nitrogen and oxygen atoms in total. The summed E-state index contributed by atoms with van der Waals surface area (Å²) in [4.78, 5) is 15.9. The van der Waals surface area contributed by atoms with Gasteiger partial charge in [-0.3, -0.25) is 15.1 Å². The average Bonchev–Trinajstić information content (AvgIpc) is 2.99. The van der Waals surface area contributed by atoms with E-state index in [1.165, 1.54) is 16.8 Å². The second kappa shape index (κ2) is 4.89. The lowest BCUT2D eigenvalue weighted by atomic mass is 10.1. The normalized spacial score (nSPS) is 11.1. The Morgan fingerprint density at radius 2 is 1.82 bits per heavy atom. The number of hydrogen-bond donors (Lipinski definition) is 0. The van der Waals surface area contributed by atoms with Crippen LogP contribution in [0.5, 0.6) is 0 Å². The second-order valence-corrected chi connectivity index (χ2v) is 6.03. The molecular formula is C17H10N2O2S.